The smallest absolute Gasteiger partial charge is 0.251 e. The summed E-state index contributed by atoms with van der Waals surface area (Å²) in [5.41, 5.74) is 0. The quantitative estimate of drug-likeness (QED) is 0.876. The molecule has 1 aromatic heterocycles. The molecule has 1 fully saturated rings. The third-order valence-corrected chi connectivity index (χ3v) is 5.99. The van der Waals surface area contributed by atoms with Gasteiger partial charge in [0.1, 0.15) is 0 Å². The fraction of sp³-hybridized carbons (Fsp3) is 0.667. The number of hydrogen-bond acceptors (Lipinski definition) is 5. The van der Waals surface area contributed by atoms with Crippen LogP contribution in [0.15, 0.2) is 10.4 Å². The van der Waals surface area contributed by atoms with E-state index < -0.39 is 10.0 Å². The Kier molecular flexibility index (Phi) is 4.04. The van der Waals surface area contributed by atoms with Gasteiger partial charge in [0.05, 0.1) is 6.20 Å². The summed E-state index contributed by atoms with van der Waals surface area (Å²) in [5, 5.41) is 9.14. The molecule has 1 aliphatic rings. The molecule has 96 valence electrons. The van der Waals surface area contributed by atoms with Crippen LogP contribution in [0.5, 0.6) is 0 Å². The van der Waals surface area contributed by atoms with E-state index in [-0.39, 0.29) is 27.2 Å². The first-order chi connectivity index (χ1) is 8.03. The van der Waals surface area contributed by atoms with Crippen molar-refractivity contribution in [3.05, 3.63) is 10.7 Å². The van der Waals surface area contributed by atoms with Crippen LogP contribution in [0.1, 0.15) is 19.3 Å². The van der Waals surface area contributed by atoms with Crippen molar-refractivity contribution < 1.29 is 13.5 Å². The third-order valence-electron chi connectivity index (χ3n) is 2.92. The number of hydrogen-bond donors (Lipinski definition) is 2. The maximum atomic E-state index is 12.0. The molecule has 2 N–H and O–H groups in total. The van der Waals surface area contributed by atoms with Crippen LogP contribution in [0.4, 0.5) is 0 Å². The van der Waals surface area contributed by atoms with E-state index in [9.17, 15) is 8.42 Å². The van der Waals surface area contributed by atoms with Gasteiger partial charge in [0, 0.05) is 12.6 Å². The lowest BCUT2D eigenvalue weighted by atomic mass is 10.1. The van der Waals surface area contributed by atoms with Crippen LogP contribution in [0.25, 0.3) is 0 Å². The summed E-state index contributed by atoms with van der Waals surface area (Å²) in [6.07, 6.45) is 3.80. The molecule has 2 rings (SSSR count). The Morgan fingerprint density at radius 3 is 2.94 bits per heavy atom. The number of thiazole rings is 1. The van der Waals surface area contributed by atoms with Crippen LogP contribution < -0.4 is 4.72 Å². The summed E-state index contributed by atoms with van der Waals surface area (Å²) in [5.74, 6) is 0.00756. The molecule has 0 radical (unpaired) electrons. The van der Waals surface area contributed by atoms with Gasteiger partial charge in [-0.3, -0.25) is 0 Å². The number of sulfonamides is 1. The Labute approximate surface area is 109 Å². The van der Waals surface area contributed by atoms with Crippen LogP contribution in [0.3, 0.4) is 0 Å². The lowest BCUT2D eigenvalue weighted by Crippen LogP contribution is -2.38. The fourth-order valence-corrected chi connectivity index (χ4v) is 4.68. The predicted octanol–water partition coefficient (Wildman–Crippen LogP) is 1.24. The lowest BCUT2D eigenvalue weighted by Gasteiger charge is -2.18. The van der Waals surface area contributed by atoms with E-state index in [1.165, 1.54) is 6.20 Å². The second kappa shape index (κ2) is 5.19. The number of aromatic nitrogens is 1. The molecular weight excluding hydrogens is 284 g/mol. The molecule has 17 heavy (non-hydrogen) atoms. The van der Waals surface area contributed by atoms with Crippen molar-refractivity contribution in [3.63, 3.8) is 0 Å². The SMILES string of the molecule is O=S(=O)(NC1CCCC1CO)c1cnc(Cl)s1. The first-order valence-corrected chi connectivity index (χ1v) is 7.95. The minimum absolute atomic E-state index is 0.00756. The molecule has 0 amide bonds. The molecular formula is C9H13ClN2O3S2. The van der Waals surface area contributed by atoms with Crippen LogP contribution >= 0.6 is 22.9 Å². The Hall–Kier alpha value is -0.210. The monoisotopic (exact) mass is 296 g/mol. The number of nitrogens with one attached hydrogen (secondary N) is 1. The second-order valence-electron chi connectivity index (χ2n) is 4.03. The first-order valence-electron chi connectivity index (χ1n) is 5.27. The van der Waals surface area contributed by atoms with Crippen molar-refractivity contribution in [1.29, 1.82) is 0 Å². The summed E-state index contributed by atoms with van der Waals surface area (Å²) >= 11 is 6.54. The molecule has 0 aliphatic heterocycles. The van der Waals surface area contributed by atoms with Crippen LogP contribution in [0, 0.1) is 5.92 Å². The fourth-order valence-electron chi connectivity index (χ4n) is 2.03. The van der Waals surface area contributed by atoms with Gasteiger partial charge in [0.2, 0.25) is 0 Å². The van der Waals surface area contributed by atoms with Crippen molar-refractivity contribution in [2.24, 2.45) is 5.92 Å². The van der Waals surface area contributed by atoms with Gasteiger partial charge in [-0.25, -0.2) is 18.1 Å². The van der Waals surface area contributed by atoms with Gasteiger partial charge in [0.25, 0.3) is 10.0 Å². The Balaban J connectivity index is 2.12. The molecule has 8 heteroatoms. The first kappa shape index (κ1) is 13.2. The van der Waals surface area contributed by atoms with Gasteiger partial charge >= 0.3 is 0 Å². The topological polar surface area (TPSA) is 79.3 Å². The minimum Gasteiger partial charge on any atom is -0.396 e. The van der Waals surface area contributed by atoms with Crippen LogP contribution in [-0.2, 0) is 10.0 Å². The molecule has 5 nitrogen and oxygen atoms in total. The third kappa shape index (κ3) is 2.97. The average molecular weight is 297 g/mol. The largest absolute Gasteiger partial charge is 0.396 e. The average Bonchev–Trinajstić information content (AvgIpc) is 2.86. The number of aliphatic hydroxyl groups excluding tert-OH is 1. The molecule has 1 saturated carbocycles. The highest BCUT2D eigenvalue weighted by molar-refractivity contribution is 7.91. The minimum atomic E-state index is -3.56. The highest BCUT2D eigenvalue weighted by Gasteiger charge is 2.31. The molecule has 2 atom stereocenters. The highest BCUT2D eigenvalue weighted by atomic mass is 35.5. The molecule has 2 unspecified atom stereocenters. The summed E-state index contributed by atoms with van der Waals surface area (Å²) in [6.45, 7) is 0.0105. The normalized spacial score (nSPS) is 25.3. The molecule has 0 spiro atoms. The number of nitrogens with zero attached hydrogens (tertiary/aromatic N) is 1. The van der Waals surface area contributed by atoms with Crippen molar-refractivity contribution >= 4 is 33.0 Å². The van der Waals surface area contributed by atoms with Crippen LogP contribution in [-0.4, -0.2) is 31.2 Å². The van der Waals surface area contributed by atoms with Gasteiger partial charge < -0.3 is 5.11 Å². The van der Waals surface area contributed by atoms with E-state index in [1.807, 2.05) is 0 Å². The number of rotatable bonds is 4. The predicted molar refractivity (Wildman–Crippen MR) is 65.7 cm³/mol. The van der Waals surface area contributed by atoms with Crippen molar-refractivity contribution in [2.45, 2.75) is 29.5 Å². The summed E-state index contributed by atoms with van der Waals surface area (Å²) < 4.78 is 26.9. The summed E-state index contributed by atoms with van der Waals surface area (Å²) in [6, 6.07) is -0.189. The molecule has 0 bridgehead atoms. The van der Waals surface area contributed by atoms with E-state index in [0.29, 0.717) is 0 Å². The Bertz CT molecular complexity index is 488. The zero-order valence-electron chi connectivity index (χ0n) is 8.97. The standard InChI is InChI=1S/C9H13ClN2O3S2/c10-9-11-4-8(16-9)17(14,15)12-7-3-1-2-6(7)5-13/h4,6-7,12-13H,1-3,5H2. The molecule has 1 heterocycles. The van der Waals surface area contributed by atoms with Crippen molar-refractivity contribution in [2.75, 3.05) is 6.61 Å². The van der Waals surface area contributed by atoms with E-state index in [4.69, 9.17) is 16.7 Å². The van der Waals surface area contributed by atoms with Crippen molar-refractivity contribution in [3.8, 4) is 0 Å². The molecule has 1 aliphatic carbocycles. The van der Waals surface area contributed by atoms with Gasteiger partial charge in [0.15, 0.2) is 8.68 Å². The Morgan fingerprint density at radius 2 is 2.35 bits per heavy atom. The van der Waals surface area contributed by atoms with E-state index in [1.54, 1.807) is 0 Å². The molecule has 0 saturated heterocycles. The van der Waals surface area contributed by atoms with Gasteiger partial charge in [-0.2, -0.15) is 0 Å². The lowest BCUT2D eigenvalue weighted by molar-refractivity contribution is 0.213. The zero-order chi connectivity index (χ0) is 12.5. The maximum Gasteiger partial charge on any atom is 0.251 e. The van der Waals surface area contributed by atoms with Gasteiger partial charge in [-0.1, -0.05) is 29.4 Å². The van der Waals surface area contributed by atoms with E-state index in [2.05, 4.69) is 9.71 Å². The summed E-state index contributed by atoms with van der Waals surface area (Å²) in [7, 11) is -3.56. The zero-order valence-corrected chi connectivity index (χ0v) is 11.4. The second-order valence-corrected chi connectivity index (χ2v) is 7.59. The maximum absolute atomic E-state index is 12.0. The number of halogens is 1. The van der Waals surface area contributed by atoms with Crippen LogP contribution in [0.2, 0.25) is 4.47 Å². The molecule has 1 aromatic rings. The van der Waals surface area contributed by atoms with Crippen molar-refractivity contribution in [1.82, 2.24) is 9.71 Å². The van der Waals surface area contributed by atoms with E-state index >= 15 is 0 Å². The van der Waals surface area contributed by atoms with Gasteiger partial charge in [-0.15, -0.1) is 0 Å². The summed E-state index contributed by atoms with van der Waals surface area (Å²) in [4.78, 5) is 3.71. The highest BCUT2D eigenvalue weighted by Crippen LogP contribution is 2.28. The molecule has 0 aromatic carbocycles. The van der Waals surface area contributed by atoms with E-state index in [0.717, 1.165) is 30.6 Å². The number of aliphatic hydroxyl groups is 1. The van der Waals surface area contributed by atoms with Gasteiger partial charge in [-0.05, 0) is 18.8 Å². The Morgan fingerprint density at radius 1 is 1.59 bits per heavy atom.